The van der Waals surface area contributed by atoms with Gasteiger partial charge in [0.15, 0.2) is 0 Å². The van der Waals surface area contributed by atoms with Crippen molar-refractivity contribution < 1.29 is 4.79 Å². The number of carbonyl (C=O) groups excluding carboxylic acids is 1. The average molecular weight is 401 g/mol. The van der Waals surface area contributed by atoms with E-state index in [1.807, 2.05) is 54.8 Å². The molecule has 3 rings (SSSR count). The van der Waals surface area contributed by atoms with Gasteiger partial charge in [-0.15, -0.1) is 0 Å². The highest BCUT2D eigenvalue weighted by molar-refractivity contribution is 6.43. The number of amides is 2. The third kappa shape index (κ3) is 4.32. The second-order valence-corrected chi connectivity index (χ2v) is 6.71. The number of para-hydroxylation sites is 1. The highest BCUT2D eigenvalue weighted by Crippen LogP contribution is 2.31. The number of hydrogen-bond donors (Lipinski definition) is 2. The second kappa shape index (κ2) is 8.29. The van der Waals surface area contributed by atoms with Crippen LogP contribution in [-0.4, -0.2) is 16.8 Å². The number of nitrogens with one attached hydrogen (secondary N) is 2. The molecule has 0 saturated heterocycles. The van der Waals surface area contributed by atoms with E-state index >= 15 is 0 Å². The van der Waals surface area contributed by atoms with E-state index in [1.165, 1.54) is 0 Å². The Kier molecular flexibility index (Phi) is 5.84. The van der Waals surface area contributed by atoms with Crippen molar-refractivity contribution in [2.75, 3.05) is 5.32 Å². The standard InChI is InChI=1S/C20H18Cl2N4O/c1-13-11-15(12-23-25-20(27)24-16-7-4-3-5-8-16)14(2)26(13)18-10-6-9-17(21)19(18)22/h3-12H,1-2H3,(H2,24,25,27)/b23-12-. The summed E-state index contributed by atoms with van der Waals surface area (Å²) in [5.41, 5.74) is 6.73. The zero-order chi connectivity index (χ0) is 19.4. The number of urea groups is 1. The van der Waals surface area contributed by atoms with Crippen LogP contribution in [0.3, 0.4) is 0 Å². The maximum absolute atomic E-state index is 11.9. The van der Waals surface area contributed by atoms with Crippen LogP contribution in [0.1, 0.15) is 17.0 Å². The Balaban J connectivity index is 1.76. The molecule has 2 aromatic carbocycles. The summed E-state index contributed by atoms with van der Waals surface area (Å²) in [6.07, 6.45) is 1.60. The summed E-state index contributed by atoms with van der Waals surface area (Å²) in [6, 6.07) is 16.2. The molecule has 0 fully saturated rings. The van der Waals surface area contributed by atoms with Crippen molar-refractivity contribution in [2.24, 2.45) is 5.10 Å². The normalized spacial score (nSPS) is 11.0. The summed E-state index contributed by atoms with van der Waals surface area (Å²) in [5.74, 6) is 0. The number of benzene rings is 2. The Labute approximate surface area is 167 Å². The SMILES string of the molecule is Cc1cc(/C=N\NC(=O)Nc2ccccc2)c(C)n1-c1cccc(Cl)c1Cl. The molecule has 27 heavy (non-hydrogen) atoms. The molecule has 5 nitrogen and oxygen atoms in total. The predicted molar refractivity (Wildman–Crippen MR) is 111 cm³/mol. The molecule has 7 heteroatoms. The van der Waals surface area contributed by atoms with Gasteiger partial charge < -0.3 is 9.88 Å². The van der Waals surface area contributed by atoms with E-state index in [1.54, 1.807) is 24.4 Å². The number of halogens is 2. The molecular formula is C20H18Cl2N4O. The van der Waals surface area contributed by atoms with Gasteiger partial charge in [-0.25, -0.2) is 10.2 Å². The third-order valence-corrected chi connectivity index (χ3v) is 4.85. The molecule has 2 N–H and O–H groups in total. The van der Waals surface area contributed by atoms with E-state index in [9.17, 15) is 4.79 Å². The molecule has 0 aliphatic heterocycles. The summed E-state index contributed by atoms with van der Waals surface area (Å²) in [7, 11) is 0. The summed E-state index contributed by atoms with van der Waals surface area (Å²) in [4.78, 5) is 11.9. The summed E-state index contributed by atoms with van der Waals surface area (Å²) in [5, 5.41) is 7.71. The van der Waals surface area contributed by atoms with Gasteiger partial charge in [-0.3, -0.25) is 0 Å². The second-order valence-electron chi connectivity index (χ2n) is 5.92. The Morgan fingerprint density at radius 3 is 2.56 bits per heavy atom. The summed E-state index contributed by atoms with van der Waals surface area (Å²) in [6.45, 7) is 3.92. The molecule has 0 aliphatic rings. The number of nitrogens with zero attached hydrogens (tertiary/aromatic N) is 2. The fourth-order valence-corrected chi connectivity index (χ4v) is 3.18. The lowest BCUT2D eigenvalue weighted by Gasteiger charge is -2.12. The third-order valence-electron chi connectivity index (χ3n) is 4.04. The smallest absolute Gasteiger partial charge is 0.316 e. The molecule has 0 bridgehead atoms. The molecule has 0 spiro atoms. The number of aromatic nitrogens is 1. The van der Waals surface area contributed by atoms with Crippen LogP contribution in [0.2, 0.25) is 10.0 Å². The van der Waals surface area contributed by atoms with Crippen LogP contribution in [0.25, 0.3) is 5.69 Å². The first-order valence-electron chi connectivity index (χ1n) is 8.26. The molecule has 0 atom stereocenters. The topological polar surface area (TPSA) is 58.4 Å². The van der Waals surface area contributed by atoms with Gasteiger partial charge >= 0.3 is 6.03 Å². The van der Waals surface area contributed by atoms with Crippen molar-refractivity contribution in [3.05, 3.63) is 81.6 Å². The van der Waals surface area contributed by atoms with Gasteiger partial charge in [-0.05, 0) is 44.2 Å². The molecule has 2 amide bonds. The van der Waals surface area contributed by atoms with Crippen molar-refractivity contribution >= 4 is 41.1 Å². The van der Waals surface area contributed by atoms with Crippen LogP contribution in [-0.2, 0) is 0 Å². The molecule has 0 radical (unpaired) electrons. The Morgan fingerprint density at radius 1 is 1.07 bits per heavy atom. The molecular weight excluding hydrogens is 383 g/mol. The Morgan fingerprint density at radius 2 is 1.81 bits per heavy atom. The lowest BCUT2D eigenvalue weighted by molar-refractivity contribution is 0.252. The van der Waals surface area contributed by atoms with E-state index in [0.717, 1.165) is 22.6 Å². The molecule has 1 heterocycles. The van der Waals surface area contributed by atoms with E-state index in [2.05, 4.69) is 15.8 Å². The number of hydrazone groups is 1. The zero-order valence-electron chi connectivity index (χ0n) is 14.8. The first-order valence-corrected chi connectivity index (χ1v) is 9.01. The first kappa shape index (κ1) is 19.0. The molecule has 1 aromatic heterocycles. The van der Waals surface area contributed by atoms with Gasteiger partial charge in [0.2, 0.25) is 0 Å². The molecule has 0 aliphatic carbocycles. The highest BCUT2D eigenvalue weighted by atomic mass is 35.5. The fraction of sp³-hybridized carbons (Fsp3) is 0.100. The van der Waals surface area contributed by atoms with Crippen LogP contribution in [0.5, 0.6) is 0 Å². The fourth-order valence-electron chi connectivity index (χ4n) is 2.80. The lowest BCUT2D eigenvalue weighted by Crippen LogP contribution is -2.24. The zero-order valence-corrected chi connectivity index (χ0v) is 16.3. The monoisotopic (exact) mass is 400 g/mol. The Hall–Kier alpha value is -2.76. The molecule has 0 saturated carbocycles. The quantitative estimate of drug-likeness (QED) is 0.437. The predicted octanol–water partition coefficient (Wildman–Crippen LogP) is 5.56. The van der Waals surface area contributed by atoms with Crippen molar-refractivity contribution in [1.82, 2.24) is 9.99 Å². The minimum Gasteiger partial charge on any atom is -0.316 e. The lowest BCUT2D eigenvalue weighted by atomic mass is 10.2. The highest BCUT2D eigenvalue weighted by Gasteiger charge is 2.13. The van der Waals surface area contributed by atoms with Crippen LogP contribution >= 0.6 is 23.2 Å². The van der Waals surface area contributed by atoms with Crippen LogP contribution in [0.4, 0.5) is 10.5 Å². The summed E-state index contributed by atoms with van der Waals surface area (Å²) >= 11 is 12.5. The molecule has 138 valence electrons. The van der Waals surface area contributed by atoms with Crippen LogP contribution in [0.15, 0.2) is 59.7 Å². The van der Waals surface area contributed by atoms with Gasteiger partial charge in [0.1, 0.15) is 0 Å². The minimum atomic E-state index is -0.413. The maximum Gasteiger partial charge on any atom is 0.339 e. The average Bonchev–Trinajstić information content (AvgIpc) is 2.92. The van der Waals surface area contributed by atoms with Gasteiger partial charge in [-0.2, -0.15) is 5.10 Å². The summed E-state index contributed by atoms with van der Waals surface area (Å²) < 4.78 is 2.00. The van der Waals surface area contributed by atoms with Crippen LogP contribution < -0.4 is 10.7 Å². The van der Waals surface area contributed by atoms with Crippen molar-refractivity contribution in [3.8, 4) is 5.69 Å². The van der Waals surface area contributed by atoms with Crippen LogP contribution in [0, 0.1) is 13.8 Å². The van der Waals surface area contributed by atoms with E-state index in [0.29, 0.717) is 15.7 Å². The van der Waals surface area contributed by atoms with Gasteiger partial charge in [0.25, 0.3) is 0 Å². The van der Waals surface area contributed by atoms with Crippen molar-refractivity contribution in [3.63, 3.8) is 0 Å². The van der Waals surface area contributed by atoms with E-state index in [4.69, 9.17) is 23.2 Å². The maximum atomic E-state index is 11.9. The number of anilines is 1. The first-order chi connectivity index (χ1) is 13.0. The number of hydrogen-bond acceptors (Lipinski definition) is 2. The largest absolute Gasteiger partial charge is 0.339 e. The minimum absolute atomic E-state index is 0.413. The molecule has 3 aromatic rings. The number of carbonyl (C=O) groups is 1. The van der Waals surface area contributed by atoms with E-state index in [-0.39, 0.29) is 0 Å². The number of rotatable bonds is 4. The van der Waals surface area contributed by atoms with Crippen molar-refractivity contribution in [2.45, 2.75) is 13.8 Å². The van der Waals surface area contributed by atoms with Gasteiger partial charge in [0.05, 0.1) is 21.9 Å². The Bertz CT molecular complexity index is 997. The molecule has 0 unspecified atom stereocenters. The van der Waals surface area contributed by atoms with Gasteiger partial charge in [-0.1, -0.05) is 47.5 Å². The van der Waals surface area contributed by atoms with Gasteiger partial charge in [0, 0.05) is 22.6 Å². The number of aryl methyl sites for hydroxylation is 1. The van der Waals surface area contributed by atoms with E-state index < -0.39 is 6.03 Å². The van der Waals surface area contributed by atoms with Crippen molar-refractivity contribution in [1.29, 1.82) is 0 Å².